The second kappa shape index (κ2) is 8.90. The summed E-state index contributed by atoms with van der Waals surface area (Å²) in [4.78, 5) is 12.5. The minimum absolute atomic E-state index is 0.102. The van der Waals surface area contributed by atoms with Crippen molar-refractivity contribution in [2.24, 2.45) is 0 Å². The average molecular weight is 454 g/mol. The molecular weight excluding hydrogens is 428 g/mol. The van der Waals surface area contributed by atoms with Crippen LogP contribution in [-0.2, 0) is 29.5 Å². The molecule has 3 heterocycles. The van der Waals surface area contributed by atoms with Crippen LogP contribution in [0.5, 0.6) is 0 Å². The highest BCUT2D eigenvalue weighted by atomic mass is 32.2. The second-order valence-electron chi connectivity index (χ2n) is 8.52. The number of aromatic nitrogens is 3. The van der Waals surface area contributed by atoms with Crippen LogP contribution in [-0.4, -0.2) is 23.7 Å². The first-order valence-electron chi connectivity index (χ1n) is 10.2. The number of nitrogens with zero attached hydrogens (tertiary/aromatic N) is 2. The summed E-state index contributed by atoms with van der Waals surface area (Å²) in [6, 6.07) is 10.6. The molecule has 0 aliphatic heterocycles. The number of thiophene rings is 1. The Morgan fingerprint density at radius 2 is 1.84 bits per heavy atom. The molecule has 2 N–H and O–H groups in total. The van der Waals surface area contributed by atoms with Gasteiger partial charge >= 0.3 is 0 Å². The van der Waals surface area contributed by atoms with Crippen LogP contribution in [0.3, 0.4) is 0 Å². The highest BCUT2D eigenvalue weighted by Gasteiger charge is 2.17. The Bertz CT molecular complexity index is 1210. The van der Waals surface area contributed by atoms with Gasteiger partial charge in [-0.3, -0.25) is 9.19 Å². The molecule has 0 aliphatic rings. The number of nitrogens with one attached hydrogen (secondary N) is 2. The van der Waals surface area contributed by atoms with Gasteiger partial charge in [-0.15, -0.1) is 11.3 Å². The summed E-state index contributed by atoms with van der Waals surface area (Å²) in [5, 5.41) is 2.59. The zero-order valence-corrected chi connectivity index (χ0v) is 19.4. The first-order valence-corrected chi connectivity index (χ1v) is 12.1. The third-order valence-corrected chi connectivity index (χ3v) is 6.74. The van der Waals surface area contributed by atoms with Crippen molar-refractivity contribution >= 4 is 38.8 Å². The predicted molar refractivity (Wildman–Crippen MR) is 127 cm³/mol. The average Bonchev–Trinajstić information content (AvgIpc) is 3.32. The number of aromatic amines is 1. The molecule has 162 valence electrons. The van der Waals surface area contributed by atoms with Gasteiger partial charge in [-0.05, 0) is 52.8 Å². The Balaban J connectivity index is 1.60. The number of hydrogen-bond acceptors (Lipinski definition) is 5. The maximum Gasteiger partial charge on any atom is 0.156 e. The smallest absolute Gasteiger partial charge is 0.156 e. The van der Waals surface area contributed by atoms with Gasteiger partial charge in [0.05, 0.1) is 5.69 Å². The zero-order chi connectivity index (χ0) is 22.0. The molecule has 3 aromatic heterocycles. The van der Waals surface area contributed by atoms with Crippen molar-refractivity contribution in [1.82, 2.24) is 15.0 Å². The van der Waals surface area contributed by atoms with Gasteiger partial charge in [0.1, 0.15) is 10.5 Å². The molecule has 0 bridgehead atoms. The molecule has 0 saturated carbocycles. The van der Waals surface area contributed by atoms with Crippen LogP contribution >= 0.6 is 11.3 Å². The van der Waals surface area contributed by atoms with Crippen LogP contribution in [0.25, 0.3) is 22.4 Å². The molecule has 0 saturated heterocycles. The maximum atomic E-state index is 11.0. The van der Waals surface area contributed by atoms with Gasteiger partial charge in [-0.25, -0.2) is 4.98 Å². The molecule has 1 atom stereocenters. The van der Waals surface area contributed by atoms with E-state index >= 15 is 0 Å². The lowest BCUT2D eigenvalue weighted by molar-refractivity contribution is 0.542. The summed E-state index contributed by atoms with van der Waals surface area (Å²) in [6.45, 7) is 6.63. The lowest BCUT2D eigenvalue weighted by Crippen LogP contribution is -2.10. The van der Waals surface area contributed by atoms with E-state index in [1.807, 2.05) is 11.4 Å². The third-order valence-electron chi connectivity index (χ3n) is 5.36. The van der Waals surface area contributed by atoms with Crippen molar-refractivity contribution in [3.63, 3.8) is 0 Å². The molecule has 1 unspecified atom stereocenters. The second-order valence-corrected chi connectivity index (χ2v) is 10.1. The van der Waals surface area contributed by atoms with Crippen LogP contribution < -0.4 is 4.72 Å². The maximum absolute atomic E-state index is 11.0. The molecule has 0 radical (unpaired) electrons. The number of anilines is 1. The minimum Gasteiger partial charge on any atom is -0.755 e. The van der Waals surface area contributed by atoms with Crippen molar-refractivity contribution in [2.45, 2.75) is 45.4 Å². The van der Waals surface area contributed by atoms with Gasteiger partial charge in [0.2, 0.25) is 0 Å². The molecule has 1 aromatic carbocycles. The fourth-order valence-electron chi connectivity index (χ4n) is 3.74. The summed E-state index contributed by atoms with van der Waals surface area (Å²) in [7, 11) is 0. The first kappa shape index (κ1) is 21.7. The van der Waals surface area contributed by atoms with Gasteiger partial charge in [0.15, 0.2) is 5.65 Å². The van der Waals surface area contributed by atoms with E-state index in [-0.39, 0.29) is 5.41 Å². The Hall–Kier alpha value is -2.55. The van der Waals surface area contributed by atoms with Gasteiger partial charge in [0.25, 0.3) is 0 Å². The van der Waals surface area contributed by atoms with E-state index in [1.165, 1.54) is 16.9 Å². The molecule has 6 nitrogen and oxygen atoms in total. The van der Waals surface area contributed by atoms with E-state index in [1.54, 1.807) is 12.4 Å². The van der Waals surface area contributed by atoms with Crippen molar-refractivity contribution in [3.05, 3.63) is 64.8 Å². The number of benzene rings is 1. The molecule has 4 rings (SSSR count). The molecule has 0 amide bonds. The summed E-state index contributed by atoms with van der Waals surface area (Å²) >= 11 is -0.910. The summed E-state index contributed by atoms with van der Waals surface area (Å²) < 4.78 is 24.5. The fraction of sp³-hybridized carbons (Fsp3) is 0.304. The quantitative estimate of drug-likeness (QED) is 0.368. The van der Waals surface area contributed by atoms with E-state index in [2.05, 4.69) is 64.7 Å². The highest BCUT2D eigenvalue weighted by Crippen LogP contribution is 2.32. The molecule has 0 spiro atoms. The predicted octanol–water partition coefficient (Wildman–Crippen LogP) is 5.37. The number of fused-ring (bicyclic) bond motifs is 1. The van der Waals surface area contributed by atoms with E-state index in [4.69, 9.17) is 0 Å². The van der Waals surface area contributed by atoms with Gasteiger partial charge in [-0.2, -0.15) is 0 Å². The standard InChI is InChI=1S/C23H26N4O2S2/c1-23(2,3)17-9-7-15(8-10-17)19-18(20-21(26-19)25-13-12-24-20)6-4-5-16-11-14-30-22(16)27-31(28)29/h7-14,27H,4-6H2,1-3H3,(H,25,26)(H,28,29)/p-1. The van der Waals surface area contributed by atoms with Crippen molar-refractivity contribution in [1.29, 1.82) is 0 Å². The van der Waals surface area contributed by atoms with Gasteiger partial charge in [-0.1, -0.05) is 45.0 Å². The number of rotatable bonds is 7. The Morgan fingerprint density at radius 1 is 1.10 bits per heavy atom. The Morgan fingerprint density at radius 3 is 2.55 bits per heavy atom. The molecular formula is C23H25N4O2S2-. The monoisotopic (exact) mass is 453 g/mol. The molecule has 0 aliphatic carbocycles. The van der Waals surface area contributed by atoms with Crippen LogP contribution in [0.15, 0.2) is 48.1 Å². The summed E-state index contributed by atoms with van der Waals surface area (Å²) in [6.07, 6.45) is 5.87. The lowest BCUT2D eigenvalue weighted by Gasteiger charge is -2.19. The van der Waals surface area contributed by atoms with E-state index in [0.29, 0.717) is 5.00 Å². The Labute approximate surface area is 188 Å². The van der Waals surface area contributed by atoms with Gasteiger partial charge < -0.3 is 14.3 Å². The fourth-order valence-corrected chi connectivity index (χ4v) is 5.11. The summed E-state index contributed by atoms with van der Waals surface area (Å²) in [5.41, 5.74) is 7.38. The molecule has 4 aromatic rings. The van der Waals surface area contributed by atoms with Gasteiger partial charge in [0, 0.05) is 29.2 Å². The van der Waals surface area contributed by atoms with Crippen molar-refractivity contribution < 1.29 is 8.76 Å². The summed E-state index contributed by atoms with van der Waals surface area (Å²) in [5.74, 6) is 0. The number of hydrogen-bond donors (Lipinski definition) is 2. The third kappa shape index (κ3) is 4.87. The number of H-pyrrole nitrogens is 1. The Kier molecular flexibility index (Phi) is 6.22. The molecule has 31 heavy (non-hydrogen) atoms. The van der Waals surface area contributed by atoms with Crippen molar-refractivity contribution in [2.75, 3.05) is 4.72 Å². The first-order chi connectivity index (χ1) is 14.8. The minimum atomic E-state index is -2.31. The van der Waals surface area contributed by atoms with E-state index < -0.39 is 11.3 Å². The largest absolute Gasteiger partial charge is 0.755 e. The molecule has 8 heteroatoms. The van der Waals surface area contributed by atoms with E-state index in [0.717, 1.165) is 52.8 Å². The van der Waals surface area contributed by atoms with Crippen LogP contribution in [0.2, 0.25) is 0 Å². The SMILES string of the molecule is CC(C)(C)c1ccc(-c2[nH]c3nccnc3c2CCCc2ccsc2NS(=O)[O-])cc1. The van der Waals surface area contributed by atoms with E-state index in [9.17, 15) is 8.76 Å². The molecule has 0 fully saturated rings. The van der Waals surface area contributed by atoms with Crippen LogP contribution in [0, 0.1) is 0 Å². The van der Waals surface area contributed by atoms with Crippen LogP contribution in [0.4, 0.5) is 5.00 Å². The van der Waals surface area contributed by atoms with Crippen LogP contribution in [0.1, 0.15) is 43.9 Å². The topological polar surface area (TPSA) is 93.7 Å². The van der Waals surface area contributed by atoms with Crippen molar-refractivity contribution in [3.8, 4) is 11.3 Å². The zero-order valence-electron chi connectivity index (χ0n) is 17.8. The lowest BCUT2D eigenvalue weighted by atomic mass is 9.86. The number of aryl methyl sites for hydroxylation is 2. The highest BCUT2D eigenvalue weighted by molar-refractivity contribution is 7.80. The normalized spacial score (nSPS) is 12.9.